The van der Waals surface area contributed by atoms with Crippen molar-refractivity contribution in [2.45, 2.75) is 39.2 Å². The van der Waals surface area contributed by atoms with Gasteiger partial charge in [0.2, 0.25) is 11.8 Å². The molecule has 126 valence electrons. The summed E-state index contributed by atoms with van der Waals surface area (Å²) in [6.07, 6.45) is 2.42. The van der Waals surface area contributed by atoms with E-state index in [-0.39, 0.29) is 29.7 Å². The summed E-state index contributed by atoms with van der Waals surface area (Å²) in [5.41, 5.74) is 0. The van der Waals surface area contributed by atoms with Crippen LogP contribution in [0.1, 0.15) is 33.1 Å². The maximum Gasteiger partial charge on any atom is 0.225 e. The highest BCUT2D eigenvalue weighted by Gasteiger charge is 2.27. The third-order valence-electron chi connectivity index (χ3n) is 4.23. The minimum Gasteiger partial charge on any atom is -0.381 e. The summed E-state index contributed by atoms with van der Waals surface area (Å²) in [5.74, 6) is 0.440. The fourth-order valence-corrected chi connectivity index (χ4v) is 2.93. The normalized spacial score (nSPS) is 26.1. The fourth-order valence-electron chi connectivity index (χ4n) is 2.93. The maximum absolute atomic E-state index is 12.2. The van der Waals surface area contributed by atoms with Gasteiger partial charge in [-0.1, -0.05) is 13.8 Å². The first-order chi connectivity index (χ1) is 10.6. The standard InChI is InChI=1S/C16H28N2O4/c1-11(2)7-14(18-16(20)13-4-6-22-10-13)8-17-15(19)12-3-5-21-9-12/h11-14H,3-10H2,1-2H3,(H,17,19)(H,18,20)/t12-,13-,14-/m1/s1. The highest BCUT2D eigenvalue weighted by atomic mass is 16.5. The highest BCUT2D eigenvalue weighted by molar-refractivity contribution is 5.80. The molecule has 2 fully saturated rings. The number of hydrogen-bond acceptors (Lipinski definition) is 4. The SMILES string of the molecule is CC(C)C[C@H](CNC(=O)[C@@H]1CCOC1)NC(=O)[C@@H]1CCOC1. The van der Waals surface area contributed by atoms with Gasteiger partial charge in [-0.2, -0.15) is 0 Å². The first-order valence-corrected chi connectivity index (χ1v) is 8.29. The van der Waals surface area contributed by atoms with Gasteiger partial charge in [0.25, 0.3) is 0 Å². The molecule has 0 aromatic heterocycles. The predicted molar refractivity (Wildman–Crippen MR) is 82.2 cm³/mol. The average Bonchev–Trinajstić information content (AvgIpc) is 3.15. The highest BCUT2D eigenvalue weighted by Crippen LogP contribution is 2.14. The molecule has 0 saturated carbocycles. The van der Waals surface area contributed by atoms with Crippen LogP contribution in [-0.2, 0) is 19.1 Å². The Balaban J connectivity index is 1.79. The van der Waals surface area contributed by atoms with Gasteiger partial charge < -0.3 is 20.1 Å². The summed E-state index contributed by atoms with van der Waals surface area (Å²) in [6, 6.07) is -0.0284. The van der Waals surface area contributed by atoms with Crippen LogP contribution in [0.25, 0.3) is 0 Å². The Kier molecular flexibility index (Phi) is 6.64. The molecule has 0 aromatic rings. The van der Waals surface area contributed by atoms with Crippen molar-refractivity contribution < 1.29 is 19.1 Å². The molecular weight excluding hydrogens is 284 g/mol. The van der Waals surface area contributed by atoms with Crippen molar-refractivity contribution in [3.8, 4) is 0 Å². The second-order valence-corrected chi connectivity index (χ2v) is 6.70. The first-order valence-electron chi connectivity index (χ1n) is 8.29. The van der Waals surface area contributed by atoms with Crippen molar-refractivity contribution in [2.75, 3.05) is 33.0 Å². The van der Waals surface area contributed by atoms with Crippen LogP contribution in [0.5, 0.6) is 0 Å². The molecule has 2 N–H and O–H groups in total. The predicted octanol–water partition coefficient (Wildman–Crippen LogP) is 0.707. The van der Waals surface area contributed by atoms with Crippen LogP contribution in [0.4, 0.5) is 0 Å². The summed E-state index contributed by atoms with van der Waals surface area (Å²) in [6.45, 7) is 7.04. The summed E-state index contributed by atoms with van der Waals surface area (Å²) < 4.78 is 10.5. The fraction of sp³-hybridized carbons (Fsp3) is 0.875. The van der Waals surface area contributed by atoms with Crippen LogP contribution < -0.4 is 10.6 Å². The molecule has 2 amide bonds. The van der Waals surface area contributed by atoms with E-state index in [1.54, 1.807) is 0 Å². The van der Waals surface area contributed by atoms with Crippen molar-refractivity contribution in [1.82, 2.24) is 10.6 Å². The Hall–Kier alpha value is -1.14. The molecule has 2 heterocycles. The average molecular weight is 312 g/mol. The Labute approximate surface area is 132 Å². The lowest BCUT2D eigenvalue weighted by Gasteiger charge is -2.23. The summed E-state index contributed by atoms with van der Waals surface area (Å²) >= 11 is 0. The molecule has 2 saturated heterocycles. The third-order valence-corrected chi connectivity index (χ3v) is 4.23. The number of ether oxygens (including phenoxy) is 2. The van der Waals surface area contributed by atoms with Crippen LogP contribution in [-0.4, -0.2) is 50.8 Å². The molecule has 0 aromatic carbocycles. The largest absolute Gasteiger partial charge is 0.381 e. The van der Waals surface area contributed by atoms with E-state index in [0.717, 1.165) is 19.3 Å². The molecule has 3 atom stereocenters. The lowest BCUT2D eigenvalue weighted by molar-refractivity contribution is -0.127. The smallest absolute Gasteiger partial charge is 0.225 e. The second kappa shape index (κ2) is 8.48. The molecule has 22 heavy (non-hydrogen) atoms. The van der Waals surface area contributed by atoms with Gasteiger partial charge in [-0.15, -0.1) is 0 Å². The summed E-state index contributed by atoms with van der Waals surface area (Å²) in [5, 5.41) is 6.03. The van der Waals surface area contributed by atoms with Gasteiger partial charge >= 0.3 is 0 Å². The van der Waals surface area contributed by atoms with Crippen LogP contribution in [0, 0.1) is 17.8 Å². The number of amides is 2. The Bertz CT molecular complexity index is 374. The van der Waals surface area contributed by atoms with Gasteiger partial charge in [-0.3, -0.25) is 9.59 Å². The number of carbonyl (C=O) groups excluding carboxylic acids is 2. The van der Waals surface area contributed by atoms with Gasteiger partial charge in [0, 0.05) is 25.8 Å². The van der Waals surface area contributed by atoms with Gasteiger partial charge in [-0.05, 0) is 25.2 Å². The molecule has 0 unspecified atom stereocenters. The monoisotopic (exact) mass is 312 g/mol. The molecular formula is C16H28N2O4. The zero-order valence-corrected chi connectivity index (χ0v) is 13.6. The van der Waals surface area contributed by atoms with E-state index in [0.29, 0.717) is 38.9 Å². The maximum atomic E-state index is 12.2. The van der Waals surface area contributed by atoms with Gasteiger partial charge in [-0.25, -0.2) is 0 Å². The van der Waals surface area contributed by atoms with Gasteiger partial charge in [0.15, 0.2) is 0 Å². The minimum absolute atomic E-state index is 0.0284. The van der Waals surface area contributed by atoms with Crippen molar-refractivity contribution in [3.05, 3.63) is 0 Å². The topological polar surface area (TPSA) is 76.7 Å². The Morgan fingerprint density at radius 3 is 2.14 bits per heavy atom. The zero-order valence-electron chi connectivity index (χ0n) is 13.6. The third kappa shape index (κ3) is 5.25. The number of hydrogen-bond donors (Lipinski definition) is 2. The van der Waals surface area contributed by atoms with E-state index in [1.807, 2.05) is 0 Å². The lowest BCUT2D eigenvalue weighted by Crippen LogP contribution is -2.47. The molecule has 2 aliphatic heterocycles. The van der Waals surface area contributed by atoms with Crippen molar-refractivity contribution in [3.63, 3.8) is 0 Å². The lowest BCUT2D eigenvalue weighted by atomic mass is 10.0. The number of nitrogens with one attached hydrogen (secondary N) is 2. The number of carbonyl (C=O) groups is 2. The second-order valence-electron chi connectivity index (χ2n) is 6.70. The van der Waals surface area contributed by atoms with Crippen LogP contribution >= 0.6 is 0 Å². The molecule has 0 radical (unpaired) electrons. The van der Waals surface area contributed by atoms with E-state index in [1.165, 1.54) is 0 Å². The van der Waals surface area contributed by atoms with Crippen LogP contribution in [0.3, 0.4) is 0 Å². The first kappa shape index (κ1) is 17.2. The molecule has 2 aliphatic rings. The summed E-state index contributed by atoms with van der Waals surface area (Å²) in [4.78, 5) is 24.3. The molecule has 6 nitrogen and oxygen atoms in total. The van der Waals surface area contributed by atoms with E-state index in [9.17, 15) is 9.59 Å². The molecule has 2 rings (SSSR count). The zero-order chi connectivity index (χ0) is 15.9. The quantitative estimate of drug-likeness (QED) is 0.726. The van der Waals surface area contributed by atoms with E-state index >= 15 is 0 Å². The minimum atomic E-state index is -0.0476. The molecule has 0 bridgehead atoms. The van der Waals surface area contributed by atoms with Crippen LogP contribution in [0.15, 0.2) is 0 Å². The molecule has 0 spiro atoms. The molecule has 0 aliphatic carbocycles. The molecule has 6 heteroatoms. The van der Waals surface area contributed by atoms with Gasteiger partial charge in [0.05, 0.1) is 25.0 Å². The number of rotatable bonds is 7. The van der Waals surface area contributed by atoms with Crippen molar-refractivity contribution >= 4 is 11.8 Å². The van der Waals surface area contributed by atoms with E-state index < -0.39 is 0 Å². The van der Waals surface area contributed by atoms with E-state index in [4.69, 9.17) is 9.47 Å². The van der Waals surface area contributed by atoms with Crippen molar-refractivity contribution in [2.24, 2.45) is 17.8 Å². The van der Waals surface area contributed by atoms with Gasteiger partial charge in [0.1, 0.15) is 0 Å². The van der Waals surface area contributed by atoms with Crippen LogP contribution in [0.2, 0.25) is 0 Å². The summed E-state index contributed by atoms with van der Waals surface area (Å²) in [7, 11) is 0. The Morgan fingerprint density at radius 1 is 1.05 bits per heavy atom. The van der Waals surface area contributed by atoms with E-state index in [2.05, 4.69) is 24.5 Å². The van der Waals surface area contributed by atoms with Crippen molar-refractivity contribution in [1.29, 1.82) is 0 Å². The Morgan fingerprint density at radius 2 is 1.64 bits per heavy atom.